The van der Waals surface area contributed by atoms with E-state index in [0.29, 0.717) is 11.8 Å². The fourth-order valence-corrected chi connectivity index (χ4v) is 1.40. The van der Waals surface area contributed by atoms with Gasteiger partial charge in [-0.2, -0.15) is 0 Å². The van der Waals surface area contributed by atoms with Crippen LogP contribution in [0.4, 0.5) is 0 Å². The molecule has 1 aromatic heterocycles. The Morgan fingerprint density at radius 3 is 2.77 bits per heavy atom. The molecule has 0 aromatic carbocycles. The SMILES string of the molecule is COc1nccnc1C(N)C1CC1. The minimum atomic E-state index is -0.0105. The van der Waals surface area contributed by atoms with Gasteiger partial charge < -0.3 is 10.5 Å². The predicted octanol–water partition coefficient (Wildman–Crippen LogP) is 0.895. The fourth-order valence-electron chi connectivity index (χ4n) is 1.40. The molecule has 1 aliphatic carbocycles. The van der Waals surface area contributed by atoms with E-state index in [0.717, 1.165) is 5.69 Å². The van der Waals surface area contributed by atoms with Crippen molar-refractivity contribution in [3.63, 3.8) is 0 Å². The average Bonchev–Trinajstić information content (AvgIpc) is 3.00. The number of methoxy groups -OCH3 is 1. The molecule has 0 bridgehead atoms. The van der Waals surface area contributed by atoms with Crippen molar-refractivity contribution in [2.24, 2.45) is 11.7 Å². The summed E-state index contributed by atoms with van der Waals surface area (Å²) in [7, 11) is 1.59. The van der Waals surface area contributed by atoms with Crippen LogP contribution in [0.1, 0.15) is 24.6 Å². The highest BCUT2D eigenvalue weighted by Gasteiger charge is 2.32. The Balaban J connectivity index is 2.26. The van der Waals surface area contributed by atoms with Crippen LogP contribution in [-0.4, -0.2) is 17.1 Å². The second-order valence-electron chi connectivity index (χ2n) is 3.31. The minimum Gasteiger partial charge on any atom is -0.480 e. The third-order valence-corrected chi connectivity index (χ3v) is 2.33. The highest BCUT2D eigenvalue weighted by atomic mass is 16.5. The standard InChI is InChI=1S/C9H13N3O/c1-13-9-8(11-4-5-12-9)7(10)6-2-3-6/h4-7H,2-3,10H2,1H3. The zero-order chi connectivity index (χ0) is 9.26. The van der Waals surface area contributed by atoms with Gasteiger partial charge in [-0.15, -0.1) is 0 Å². The molecular weight excluding hydrogens is 166 g/mol. The summed E-state index contributed by atoms with van der Waals surface area (Å²) in [6, 6.07) is -0.0105. The summed E-state index contributed by atoms with van der Waals surface area (Å²) >= 11 is 0. The van der Waals surface area contributed by atoms with Gasteiger partial charge in [0.15, 0.2) is 0 Å². The molecular formula is C9H13N3O. The van der Waals surface area contributed by atoms with Crippen LogP contribution in [0.5, 0.6) is 5.88 Å². The van der Waals surface area contributed by atoms with Gasteiger partial charge in [-0.05, 0) is 18.8 Å². The second-order valence-corrected chi connectivity index (χ2v) is 3.31. The summed E-state index contributed by atoms with van der Waals surface area (Å²) in [5.41, 5.74) is 6.78. The summed E-state index contributed by atoms with van der Waals surface area (Å²) in [6.45, 7) is 0. The van der Waals surface area contributed by atoms with E-state index in [1.807, 2.05) is 0 Å². The smallest absolute Gasteiger partial charge is 0.236 e. The fraction of sp³-hybridized carbons (Fsp3) is 0.556. The van der Waals surface area contributed by atoms with Crippen molar-refractivity contribution in [1.29, 1.82) is 0 Å². The summed E-state index contributed by atoms with van der Waals surface area (Å²) in [6.07, 6.45) is 5.66. The number of rotatable bonds is 3. The van der Waals surface area contributed by atoms with Crippen LogP contribution in [0.2, 0.25) is 0 Å². The first-order valence-electron chi connectivity index (χ1n) is 4.43. The van der Waals surface area contributed by atoms with Gasteiger partial charge >= 0.3 is 0 Å². The number of aromatic nitrogens is 2. The van der Waals surface area contributed by atoms with Gasteiger partial charge in [0.05, 0.1) is 13.2 Å². The van der Waals surface area contributed by atoms with Crippen LogP contribution >= 0.6 is 0 Å². The van der Waals surface area contributed by atoms with Gasteiger partial charge in [0, 0.05) is 12.4 Å². The quantitative estimate of drug-likeness (QED) is 0.748. The van der Waals surface area contributed by atoms with Crippen LogP contribution in [0.25, 0.3) is 0 Å². The number of nitrogens with two attached hydrogens (primary N) is 1. The van der Waals surface area contributed by atoms with Gasteiger partial charge in [-0.3, -0.25) is 4.98 Å². The highest BCUT2D eigenvalue weighted by molar-refractivity contribution is 5.22. The second kappa shape index (κ2) is 3.30. The maximum Gasteiger partial charge on any atom is 0.236 e. The summed E-state index contributed by atoms with van der Waals surface area (Å²) in [5.74, 6) is 1.13. The van der Waals surface area contributed by atoms with E-state index < -0.39 is 0 Å². The maximum atomic E-state index is 5.99. The molecule has 1 saturated carbocycles. The van der Waals surface area contributed by atoms with Gasteiger partial charge in [-0.25, -0.2) is 4.98 Å². The summed E-state index contributed by atoms with van der Waals surface area (Å²) in [4.78, 5) is 8.26. The first-order chi connectivity index (χ1) is 6.33. The van der Waals surface area contributed by atoms with Crippen LogP contribution in [-0.2, 0) is 0 Å². The molecule has 2 rings (SSSR count). The zero-order valence-corrected chi connectivity index (χ0v) is 7.60. The lowest BCUT2D eigenvalue weighted by atomic mass is 10.1. The van der Waals surface area contributed by atoms with Crippen molar-refractivity contribution in [3.8, 4) is 5.88 Å². The lowest BCUT2D eigenvalue weighted by Crippen LogP contribution is -2.15. The van der Waals surface area contributed by atoms with Gasteiger partial charge in [0.25, 0.3) is 0 Å². The topological polar surface area (TPSA) is 61.0 Å². The molecule has 0 saturated heterocycles. The molecule has 1 unspecified atom stereocenters. The normalized spacial score (nSPS) is 18.3. The Bertz CT molecular complexity index is 299. The Morgan fingerprint density at radius 1 is 1.46 bits per heavy atom. The van der Waals surface area contributed by atoms with Crippen LogP contribution in [0.3, 0.4) is 0 Å². The van der Waals surface area contributed by atoms with Crippen LogP contribution in [0, 0.1) is 5.92 Å². The van der Waals surface area contributed by atoms with Crippen LogP contribution in [0.15, 0.2) is 12.4 Å². The Labute approximate surface area is 77.1 Å². The monoisotopic (exact) mass is 179 g/mol. The largest absolute Gasteiger partial charge is 0.480 e. The molecule has 70 valence electrons. The van der Waals surface area contributed by atoms with E-state index in [2.05, 4.69) is 9.97 Å². The Kier molecular flexibility index (Phi) is 2.14. The molecule has 4 heteroatoms. The Morgan fingerprint density at radius 2 is 2.15 bits per heavy atom. The molecule has 0 radical (unpaired) electrons. The van der Waals surface area contributed by atoms with Crippen molar-refractivity contribution in [3.05, 3.63) is 18.1 Å². The van der Waals surface area contributed by atoms with E-state index in [9.17, 15) is 0 Å². The van der Waals surface area contributed by atoms with E-state index in [1.54, 1.807) is 19.5 Å². The van der Waals surface area contributed by atoms with Crippen molar-refractivity contribution in [2.45, 2.75) is 18.9 Å². The molecule has 0 spiro atoms. The third kappa shape index (κ3) is 1.62. The van der Waals surface area contributed by atoms with E-state index in [-0.39, 0.29) is 6.04 Å². The van der Waals surface area contributed by atoms with Gasteiger partial charge in [0.1, 0.15) is 5.69 Å². The molecule has 2 N–H and O–H groups in total. The molecule has 0 aliphatic heterocycles. The first-order valence-corrected chi connectivity index (χ1v) is 4.43. The molecule has 1 atom stereocenters. The highest BCUT2D eigenvalue weighted by Crippen LogP contribution is 2.40. The number of hydrogen-bond acceptors (Lipinski definition) is 4. The van der Waals surface area contributed by atoms with Crippen molar-refractivity contribution in [1.82, 2.24) is 9.97 Å². The van der Waals surface area contributed by atoms with Gasteiger partial charge in [0.2, 0.25) is 5.88 Å². The number of nitrogens with zero attached hydrogens (tertiary/aromatic N) is 2. The molecule has 13 heavy (non-hydrogen) atoms. The van der Waals surface area contributed by atoms with Crippen molar-refractivity contribution < 1.29 is 4.74 Å². The van der Waals surface area contributed by atoms with Crippen molar-refractivity contribution >= 4 is 0 Å². The zero-order valence-electron chi connectivity index (χ0n) is 7.60. The van der Waals surface area contributed by atoms with E-state index in [4.69, 9.17) is 10.5 Å². The third-order valence-electron chi connectivity index (χ3n) is 2.33. The van der Waals surface area contributed by atoms with E-state index >= 15 is 0 Å². The molecule has 1 heterocycles. The van der Waals surface area contributed by atoms with Crippen LogP contribution < -0.4 is 10.5 Å². The molecule has 0 amide bonds. The lowest BCUT2D eigenvalue weighted by molar-refractivity contribution is 0.381. The average molecular weight is 179 g/mol. The number of ether oxygens (including phenoxy) is 1. The molecule has 1 fully saturated rings. The minimum absolute atomic E-state index is 0.0105. The first kappa shape index (κ1) is 8.44. The number of hydrogen-bond donors (Lipinski definition) is 1. The molecule has 4 nitrogen and oxygen atoms in total. The predicted molar refractivity (Wildman–Crippen MR) is 48.2 cm³/mol. The molecule has 1 aliphatic rings. The Hall–Kier alpha value is -1.16. The molecule has 1 aromatic rings. The maximum absolute atomic E-state index is 5.99. The summed E-state index contributed by atoms with van der Waals surface area (Å²) < 4.78 is 5.09. The van der Waals surface area contributed by atoms with Gasteiger partial charge in [-0.1, -0.05) is 0 Å². The van der Waals surface area contributed by atoms with Crippen molar-refractivity contribution in [2.75, 3.05) is 7.11 Å². The summed E-state index contributed by atoms with van der Waals surface area (Å²) in [5, 5.41) is 0. The lowest BCUT2D eigenvalue weighted by Gasteiger charge is -2.11. The van der Waals surface area contributed by atoms with E-state index in [1.165, 1.54) is 12.8 Å².